The maximum Gasteiger partial charge on any atom is 0.433 e. The van der Waals surface area contributed by atoms with Crippen molar-refractivity contribution in [2.24, 2.45) is 5.92 Å². The first kappa shape index (κ1) is 22.2. The van der Waals surface area contributed by atoms with Gasteiger partial charge in [0.05, 0.1) is 11.9 Å². The molecule has 3 heterocycles. The first-order valence-corrected chi connectivity index (χ1v) is 10.2. The number of carbonyl (C=O) groups excluding carboxylic acids is 1. The Balaban J connectivity index is 0.00000240. The van der Waals surface area contributed by atoms with Gasteiger partial charge in [0.1, 0.15) is 5.69 Å². The molecule has 2 saturated heterocycles. The Morgan fingerprint density at radius 1 is 0.966 bits per heavy atom. The van der Waals surface area contributed by atoms with Gasteiger partial charge in [-0.05, 0) is 37.8 Å². The van der Waals surface area contributed by atoms with Crippen LogP contribution < -0.4 is 4.90 Å². The van der Waals surface area contributed by atoms with Crippen molar-refractivity contribution in [2.75, 3.05) is 44.2 Å². The molecule has 0 unspecified atom stereocenters. The molecule has 1 amide bonds. The summed E-state index contributed by atoms with van der Waals surface area (Å²) in [5, 5.41) is 0. The number of amides is 1. The van der Waals surface area contributed by atoms with Crippen molar-refractivity contribution in [3.63, 3.8) is 0 Å². The molecule has 0 bridgehead atoms. The van der Waals surface area contributed by atoms with Gasteiger partial charge < -0.3 is 9.80 Å². The number of alkyl halides is 3. The van der Waals surface area contributed by atoms with Crippen molar-refractivity contribution in [1.82, 2.24) is 14.8 Å². The second kappa shape index (κ2) is 9.08. The van der Waals surface area contributed by atoms with Gasteiger partial charge in [0, 0.05) is 51.2 Å². The van der Waals surface area contributed by atoms with Gasteiger partial charge in [-0.25, -0.2) is 4.98 Å². The van der Waals surface area contributed by atoms with Gasteiger partial charge in [-0.3, -0.25) is 9.69 Å². The molecular weight excluding hydrogens is 405 g/mol. The molecule has 0 spiro atoms. The third kappa shape index (κ3) is 4.97. The molecule has 0 radical (unpaired) electrons. The molecule has 29 heavy (non-hydrogen) atoms. The summed E-state index contributed by atoms with van der Waals surface area (Å²) >= 11 is 0. The fourth-order valence-corrected chi connectivity index (χ4v) is 4.44. The van der Waals surface area contributed by atoms with Crippen LogP contribution in [-0.2, 0) is 11.0 Å². The second-order valence-electron chi connectivity index (χ2n) is 8.11. The van der Waals surface area contributed by atoms with Gasteiger partial charge in [0.2, 0.25) is 5.91 Å². The molecule has 3 aliphatic rings. The fourth-order valence-electron chi connectivity index (χ4n) is 4.44. The van der Waals surface area contributed by atoms with Gasteiger partial charge in [-0.1, -0.05) is 6.42 Å². The maximum atomic E-state index is 12.9. The van der Waals surface area contributed by atoms with E-state index in [4.69, 9.17) is 0 Å². The summed E-state index contributed by atoms with van der Waals surface area (Å²) in [6, 6.07) is 3.23. The van der Waals surface area contributed by atoms with E-state index in [1.807, 2.05) is 9.80 Å². The number of halogens is 4. The van der Waals surface area contributed by atoms with Crippen molar-refractivity contribution in [3.8, 4) is 0 Å². The highest BCUT2D eigenvalue weighted by molar-refractivity contribution is 5.85. The third-order valence-electron chi connectivity index (χ3n) is 6.46. The Morgan fingerprint density at radius 3 is 2.10 bits per heavy atom. The van der Waals surface area contributed by atoms with Gasteiger partial charge >= 0.3 is 6.18 Å². The Bertz CT molecular complexity index is 680. The van der Waals surface area contributed by atoms with Crippen molar-refractivity contribution < 1.29 is 18.0 Å². The number of pyridine rings is 1. The Hall–Kier alpha value is -1.54. The van der Waals surface area contributed by atoms with E-state index in [-0.39, 0.29) is 24.2 Å². The molecule has 1 aliphatic carbocycles. The average molecular weight is 433 g/mol. The number of piperazine rings is 1. The first-order valence-electron chi connectivity index (χ1n) is 10.2. The summed E-state index contributed by atoms with van der Waals surface area (Å²) in [5.74, 6) is 0.271. The largest absolute Gasteiger partial charge is 0.433 e. The predicted octanol–water partition coefficient (Wildman–Crippen LogP) is 3.44. The molecule has 1 aromatic heterocycles. The van der Waals surface area contributed by atoms with Crippen LogP contribution in [0.15, 0.2) is 18.3 Å². The molecule has 2 aliphatic heterocycles. The van der Waals surface area contributed by atoms with E-state index >= 15 is 0 Å². The number of rotatable bonds is 3. The summed E-state index contributed by atoms with van der Waals surface area (Å²) < 4.78 is 37.9. The van der Waals surface area contributed by atoms with Crippen LogP contribution in [0.2, 0.25) is 0 Å². The zero-order valence-electron chi connectivity index (χ0n) is 16.4. The Kier molecular flexibility index (Phi) is 6.94. The minimum absolute atomic E-state index is 0. The SMILES string of the molecule is Cl.O=C(C1CCN(c2ccc(C(F)(F)F)nc2)CC1)N1CCN(C2CCC2)CC1. The van der Waals surface area contributed by atoms with Crippen LogP contribution in [0.4, 0.5) is 18.9 Å². The van der Waals surface area contributed by atoms with E-state index in [0.717, 1.165) is 51.1 Å². The minimum atomic E-state index is -4.42. The summed E-state index contributed by atoms with van der Waals surface area (Å²) in [4.78, 5) is 23.0. The molecule has 0 atom stereocenters. The van der Waals surface area contributed by atoms with Crippen LogP contribution in [0.3, 0.4) is 0 Å². The molecule has 1 saturated carbocycles. The normalized spacial score (nSPS) is 22.2. The summed E-state index contributed by atoms with van der Waals surface area (Å²) in [7, 11) is 0. The number of nitrogens with zero attached hydrogens (tertiary/aromatic N) is 4. The fraction of sp³-hybridized carbons (Fsp3) is 0.700. The van der Waals surface area contributed by atoms with E-state index in [1.54, 1.807) is 0 Å². The summed E-state index contributed by atoms with van der Waals surface area (Å²) in [6.45, 7) is 4.94. The van der Waals surface area contributed by atoms with Gasteiger partial charge in [0.15, 0.2) is 0 Å². The molecule has 0 aromatic carbocycles. The average Bonchev–Trinajstić information content (AvgIpc) is 2.66. The molecular formula is C20H28ClF3N4O. The summed E-state index contributed by atoms with van der Waals surface area (Å²) in [6.07, 6.45) is 2.27. The summed E-state index contributed by atoms with van der Waals surface area (Å²) in [5.41, 5.74) is -0.185. The molecule has 3 fully saturated rings. The number of hydrogen-bond acceptors (Lipinski definition) is 4. The van der Waals surface area contributed by atoms with E-state index in [0.29, 0.717) is 18.8 Å². The van der Waals surface area contributed by atoms with Gasteiger partial charge in [0.25, 0.3) is 0 Å². The van der Waals surface area contributed by atoms with Gasteiger partial charge in [-0.15, -0.1) is 12.4 Å². The molecule has 162 valence electrons. The maximum absolute atomic E-state index is 12.9. The number of piperidine rings is 1. The highest BCUT2D eigenvalue weighted by Crippen LogP contribution is 2.30. The zero-order valence-corrected chi connectivity index (χ0v) is 17.2. The third-order valence-corrected chi connectivity index (χ3v) is 6.46. The highest BCUT2D eigenvalue weighted by Gasteiger charge is 2.34. The minimum Gasteiger partial charge on any atom is -0.370 e. The van der Waals surface area contributed by atoms with Crippen LogP contribution >= 0.6 is 12.4 Å². The highest BCUT2D eigenvalue weighted by atomic mass is 35.5. The van der Waals surface area contributed by atoms with Crippen LogP contribution in [-0.4, -0.2) is 66.0 Å². The Morgan fingerprint density at radius 2 is 1.62 bits per heavy atom. The lowest BCUT2D eigenvalue weighted by Crippen LogP contribution is -2.55. The van der Waals surface area contributed by atoms with Crippen LogP contribution in [0.25, 0.3) is 0 Å². The zero-order chi connectivity index (χ0) is 19.7. The first-order chi connectivity index (χ1) is 13.4. The number of carbonyl (C=O) groups is 1. The Labute approximate surface area is 175 Å². The van der Waals surface area contributed by atoms with Crippen molar-refractivity contribution in [3.05, 3.63) is 24.0 Å². The van der Waals surface area contributed by atoms with E-state index < -0.39 is 11.9 Å². The monoisotopic (exact) mass is 432 g/mol. The molecule has 0 N–H and O–H groups in total. The van der Waals surface area contributed by atoms with Crippen LogP contribution in [0.5, 0.6) is 0 Å². The lowest BCUT2D eigenvalue weighted by Gasteiger charge is -2.44. The molecule has 9 heteroatoms. The predicted molar refractivity (Wildman–Crippen MR) is 107 cm³/mol. The number of hydrogen-bond donors (Lipinski definition) is 0. The second-order valence-corrected chi connectivity index (χ2v) is 8.11. The molecule has 4 rings (SSSR count). The molecule has 1 aromatic rings. The lowest BCUT2D eigenvalue weighted by atomic mass is 9.90. The topological polar surface area (TPSA) is 39.7 Å². The van der Waals surface area contributed by atoms with Crippen molar-refractivity contribution in [1.29, 1.82) is 0 Å². The standard InChI is InChI=1S/C20H27F3N4O.ClH/c21-20(22,23)18-5-4-17(14-24-18)25-8-6-15(7-9-25)19(28)27-12-10-26(11-13-27)16-2-1-3-16;/h4-5,14-16H,1-3,6-13H2;1H. The van der Waals surface area contributed by atoms with Gasteiger partial charge in [-0.2, -0.15) is 13.2 Å². The van der Waals surface area contributed by atoms with E-state index in [1.165, 1.54) is 31.5 Å². The van der Waals surface area contributed by atoms with E-state index in [9.17, 15) is 18.0 Å². The van der Waals surface area contributed by atoms with E-state index in [2.05, 4.69) is 9.88 Å². The van der Waals surface area contributed by atoms with Crippen LogP contribution in [0.1, 0.15) is 37.8 Å². The number of aromatic nitrogens is 1. The quantitative estimate of drug-likeness (QED) is 0.733. The number of anilines is 1. The van der Waals surface area contributed by atoms with Crippen molar-refractivity contribution in [2.45, 2.75) is 44.3 Å². The smallest absolute Gasteiger partial charge is 0.370 e. The van der Waals surface area contributed by atoms with Crippen molar-refractivity contribution >= 4 is 24.0 Å². The lowest BCUT2D eigenvalue weighted by molar-refractivity contribution is -0.141. The molecule has 5 nitrogen and oxygen atoms in total. The van der Waals surface area contributed by atoms with Crippen LogP contribution in [0, 0.1) is 5.92 Å².